The van der Waals surface area contributed by atoms with E-state index in [4.69, 9.17) is 0 Å². The Kier molecular flexibility index (Phi) is 3.97. The van der Waals surface area contributed by atoms with Crippen molar-refractivity contribution in [1.29, 1.82) is 0 Å². The van der Waals surface area contributed by atoms with Crippen LogP contribution in [0.25, 0.3) is 10.9 Å². The van der Waals surface area contributed by atoms with Gasteiger partial charge in [0.15, 0.2) is 5.82 Å². The van der Waals surface area contributed by atoms with Crippen molar-refractivity contribution in [2.75, 3.05) is 0 Å². The van der Waals surface area contributed by atoms with Gasteiger partial charge in [-0.15, -0.1) is 0 Å². The number of carbonyl (C=O) groups excluding carboxylic acids is 1. The monoisotopic (exact) mass is 336 g/mol. The summed E-state index contributed by atoms with van der Waals surface area (Å²) in [5.41, 5.74) is 2.71. The summed E-state index contributed by atoms with van der Waals surface area (Å²) in [6, 6.07) is 9.77. The number of aliphatic hydroxyl groups is 1. The van der Waals surface area contributed by atoms with Gasteiger partial charge in [0.25, 0.3) is 5.91 Å². The fourth-order valence-electron chi connectivity index (χ4n) is 3.37. The number of benzene rings is 1. The predicted octanol–water partition coefficient (Wildman–Crippen LogP) is 2.51. The van der Waals surface area contributed by atoms with E-state index >= 15 is 0 Å². The number of para-hydroxylation sites is 1. The second-order valence-electron chi connectivity index (χ2n) is 6.71. The number of rotatable bonds is 4. The number of nitrogens with zero attached hydrogens (tertiary/aromatic N) is 2. The van der Waals surface area contributed by atoms with Crippen LogP contribution in [0, 0.1) is 12.8 Å². The van der Waals surface area contributed by atoms with Crippen molar-refractivity contribution in [3.63, 3.8) is 0 Å². The molecule has 0 unspecified atom stereocenters. The van der Waals surface area contributed by atoms with Gasteiger partial charge in [-0.1, -0.05) is 18.2 Å². The molecule has 1 fully saturated rings. The summed E-state index contributed by atoms with van der Waals surface area (Å²) >= 11 is 0. The topological polar surface area (TPSA) is 90.9 Å². The Morgan fingerprint density at radius 1 is 1.28 bits per heavy atom. The molecule has 128 valence electrons. The zero-order valence-corrected chi connectivity index (χ0v) is 13.9. The maximum atomic E-state index is 12.5. The summed E-state index contributed by atoms with van der Waals surface area (Å²) in [6.07, 6.45) is 4.51. The molecule has 0 bridgehead atoms. The number of aromatic nitrogens is 3. The number of aryl methyl sites for hydroxylation is 1. The summed E-state index contributed by atoms with van der Waals surface area (Å²) in [5, 5.41) is 13.8. The summed E-state index contributed by atoms with van der Waals surface area (Å²) in [7, 11) is 0. The Bertz CT molecular complexity index is 914. The molecule has 1 aliphatic carbocycles. The van der Waals surface area contributed by atoms with Crippen molar-refractivity contribution in [1.82, 2.24) is 20.3 Å². The van der Waals surface area contributed by atoms with Gasteiger partial charge in [0.1, 0.15) is 0 Å². The predicted molar refractivity (Wildman–Crippen MR) is 94.0 cm³/mol. The Morgan fingerprint density at radius 3 is 2.80 bits per heavy atom. The highest BCUT2D eigenvalue weighted by Crippen LogP contribution is 2.38. The first-order chi connectivity index (χ1) is 12.1. The molecule has 6 nitrogen and oxygen atoms in total. The number of nitrogens with one attached hydrogen (secondary N) is 2. The normalized spacial score (nSPS) is 20.9. The molecule has 0 spiro atoms. The zero-order valence-electron chi connectivity index (χ0n) is 13.9. The van der Waals surface area contributed by atoms with Crippen LogP contribution in [0.15, 0.2) is 42.7 Å². The standard InChI is InChI=1S/C19H20N4O2/c1-11-9-21-18(22-11)19(25)23-17(13-7-15(24)8-13)14-6-12-4-2-3-5-16(12)20-10-14/h2-6,9-10,13,15,17,24H,7-8H2,1H3,(H,21,22)(H,23,25)/t13?,15?,17-/m1/s1. The van der Waals surface area contributed by atoms with Gasteiger partial charge < -0.3 is 15.4 Å². The van der Waals surface area contributed by atoms with Gasteiger partial charge in [-0.25, -0.2) is 4.98 Å². The number of hydrogen-bond acceptors (Lipinski definition) is 4. The van der Waals surface area contributed by atoms with Crippen LogP contribution in [0.1, 0.15) is 40.8 Å². The van der Waals surface area contributed by atoms with E-state index in [-0.39, 0.29) is 24.0 Å². The lowest BCUT2D eigenvalue weighted by atomic mass is 9.75. The van der Waals surface area contributed by atoms with Crippen LogP contribution in [0.2, 0.25) is 0 Å². The molecule has 0 aliphatic heterocycles. The number of imidazole rings is 1. The van der Waals surface area contributed by atoms with E-state index in [2.05, 4.69) is 26.3 Å². The van der Waals surface area contributed by atoms with Crippen molar-refractivity contribution in [3.05, 3.63) is 59.8 Å². The van der Waals surface area contributed by atoms with E-state index in [0.29, 0.717) is 18.7 Å². The van der Waals surface area contributed by atoms with Gasteiger partial charge >= 0.3 is 0 Å². The summed E-state index contributed by atoms with van der Waals surface area (Å²) in [4.78, 5) is 24.1. The summed E-state index contributed by atoms with van der Waals surface area (Å²) < 4.78 is 0. The quantitative estimate of drug-likeness (QED) is 0.683. The highest BCUT2D eigenvalue weighted by Gasteiger charge is 2.36. The molecule has 1 aromatic carbocycles. The van der Waals surface area contributed by atoms with Gasteiger partial charge in [0.2, 0.25) is 0 Å². The molecule has 0 radical (unpaired) electrons. The van der Waals surface area contributed by atoms with Gasteiger partial charge in [-0.3, -0.25) is 9.78 Å². The molecule has 6 heteroatoms. The lowest BCUT2D eigenvalue weighted by Crippen LogP contribution is -2.41. The maximum absolute atomic E-state index is 12.5. The van der Waals surface area contributed by atoms with Crippen LogP contribution >= 0.6 is 0 Å². The Balaban J connectivity index is 1.64. The minimum Gasteiger partial charge on any atom is -0.393 e. The van der Waals surface area contributed by atoms with Crippen molar-refractivity contribution < 1.29 is 9.90 Å². The molecule has 4 rings (SSSR count). The smallest absolute Gasteiger partial charge is 0.287 e. The number of aromatic amines is 1. The first-order valence-corrected chi connectivity index (χ1v) is 8.45. The van der Waals surface area contributed by atoms with Crippen LogP contribution < -0.4 is 5.32 Å². The molecular formula is C19H20N4O2. The van der Waals surface area contributed by atoms with E-state index in [0.717, 1.165) is 22.2 Å². The molecule has 1 saturated carbocycles. The first-order valence-electron chi connectivity index (χ1n) is 8.45. The number of H-pyrrole nitrogens is 1. The Labute approximate surface area is 145 Å². The molecule has 2 heterocycles. The lowest BCUT2D eigenvalue weighted by molar-refractivity contribution is 0.0234. The molecule has 3 aromatic rings. The minimum absolute atomic E-state index is 0.193. The fraction of sp³-hybridized carbons (Fsp3) is 0.316. The Morgan fingerprint density at radius 2 is 2.08 bits per heavy atom. The lowest BCUT2D eigenvalue weighted by Gasteiger charge is -2.38. The third-order valence-corrected chi connectivity index (χ3v) is 4.80. The molecule has 1 amide bonds. The van der Waals surface area contributed by atoms with Crippen LogP contribution in [0.5, 0.6) is 0 Å². The second-order valence-corrected chi connectivity index (χ2v) is 6.71. The highest BCUT2D eigenvalue weighted by molar-refractivity contribution is 5.91. The molecule has 25 heavy (non-hydrogen) atoms. The van der Waals surface area contributed by atoms with Crippen LogP contribution in [-0.2, 0) is 0 Å². The highest BCUT2D eigenvalue weighted by atomic mass is 16.3. The van der Waals surface area contributed by atoms with Gasteiger partial charge in [0.05, 0.1) is 17.7 Å². The SMILES string of the molecule is Cc1cnc(C(=O)N[C@@H](c2cnc3ccccc3c2)C2CC(O)C2)[nH]1. The average molecular weight is 336 g/mol. The van der Waals surface area contributed by atoms with E-state index in [1.807, 2.05) is 37.4 Å². The van der Waals surface area contributed by atoms with Gasteiger partial charge in [0, 0.05) is 23.5 Å². The number of carbonyl (C=O) groups is 1. The molecule has 1 aliphatic rings. The molecular weight excluding hydrogens is 316 g/mol. The zero-order chi connectivity index (χ0) is 17.4. The van der Waals surface area contributed by atoms with Crippen molar-refractivity contribution >= 4 is 16.8 Å². The molecule has 0 saturated heterocycles. The third-order valence-electron chi connectivity index (χ3n) is 4.80. The van der Waals surface area contributed by atoms with E-state index < -0.39 is 0 Å². The van der Waals surface area contributed by atoms with Gasteiger partial charge in [-0.2, -0.15) is 0 Å². The largest absolute Gasteiger partial charge is 0.393 e. The van der Waals surface area contributed by atoms with Crippen LogP contribution in [-0.4, -0.2) is 32.1 Å². The minimum atomic E-state index is -0.288. The number of amides is 1. The fourth-order valence-corrected chi connectivity index (χ4v) is 3.37. The van der Waals surface area contributed by atoms with Crippen LogP contribution in [0.3, 0.4) is 0 Å². The number of aliphatic hydroxyl groups excluding tert-OH is 1. The van der Waals surface area contributed by atoms with Crippen molar-refractivity contribution in [2.24, 2.45) is 5.92 Å². The van der Waals surface area contributed by atoms with E-state index in [1.54, 1.807) is 6.20 Å². The van der Waals surface area contributed by atoms with E-state index in [9.17, 15) is 9.90 Å². The van der Waals surface area contributed by atoms with Crippen molar-refractivity contribution in [2.45, 2.75) is 31.9 Å². The number of hydrogen-bond donors (Lipinski definition) is 3. The average Bonchev–Trinajstić information content (AvgIpc) is 3.03. The molecule has 2 aromatic heterocycles. The number of fused-ring (bicyclic) bond motifs is 1. The first kappa shape index (κ1) is 15.8. The van der Waals surface area contributed by atoms with Crippen molar-refractivity contribution in [3.8, 4) is 0 Å². The van der Waals surface area contributed by atoms with E-state index in [1.165, 1.54) is 0 Å². The van der Waals surface area contributed by atoms with Crippen LogP contribution in [0.4, 0.5) is 0 Å². The maximum Gasteiger partial charge on any atom is 0.287 e. The summed E-state index contributed by atoms with van der Waals surface area (Å²) in [5.74, 6) is 0.252. The molecule has 3 N–H and O–H groups in total. The number of pyridine rings is 1. The molecule has 1 atom stereocenters. The second kappa shape index (κ2) is 6.29. The summed E-state index contributed by atoms with van der Waals surface area (Å²) in [6.45, 7) is 1.86. The Hall–Kier alpha value is -2.73. The third kappa shape index (κ3) is 3.13. The van der Waals surface area contributed by atoms with Gasteiger partial charge in [-0.05, 0) is 43.4 Å².